The predicted octanol–water partition coefficient (Wildman–Crippen LogP) is 4.48. The second-order valence-corrected chi connectivity index (χ2v) is 9.60. The predicted molar refractivity (Wildman–Crippen MR) is 104 cm³/mol. The van der Waals surface area contributed by atoms with Crippen LogP contribution in [0.15, 0.2) is 24.3 Å². The van der Waals surface area contributed by atoms with Gasteiger partial charge in [0.05, 0.1) is 0 Å². The van der Waals surface area contributed by atoms with Crippen LogP contribution in [0.2, 0.25) is 0 Å². The van der Waals surface area contributed by atoms with E-state index < -0.39 is 10.8 Å². The highest BCUT2D eigenvalue weighted by atomic mass is 32.2. The number of hydrogen-bond donors (Lipinski definition) is 1. The molecule has 0 spiro atoms. The average Bonchev–Trinajstić information content (AvgIpc) is 2.55. The zero-order valence-electron chi connectivity index (χ0n) is 15.7. The minimum Gasteiger partial charge on any atom is -0.352 e. The number of aryl methyl sites for hydroxylation is 1. The number of benzene rings is 1. The highest BCUT2D eigenvalue weighted by Gasteiger charge is 2.18. The first-order valence-corrected chi connectivity index (χ1v) is 10.4. The fraction of sp³-hybridized carbons (Fsp3) is 0.650. The first-order chi connectivity index (χ1) is 11.3. The Kier molecular flexibility index (Phi) is 9.27. The molecule has 1 unspecified atom stereocenters. The van der Waals surface area contributed by atoms with Crippen LogP contribution < -0.4 is 5.32 Å². The SMILES string of the molecule is CCCCc1ccc(C(=O)NCCCCCS(=O)C(C)(C)C)cc1. The smallest absolute Gasteiger partial charge is 0.251 e. The highest BCUT2D eigenvalue weighted by molar-refractivity contribution is 7.86. The Hall–Kier alpha value is -1.16. The molecule has 0 aliphatic heterocycles. The van der Waals surface area contributed by atoms with Crippen molar-refractivity contribution in [2.24, 2.45) is 0 Å². The first-order valence-electron chi connectivity index (χ1n) is 9.10. The standard InChI is InChI=1S/C20H33NO2S/c1-5-6-10-17-11-13-18(14-12-17)19(22)21-15-8-7-9-16-24(23)20(2,3)4/h11-14H,5-10,15-16H2,1-4H3,(H,21,22). The molecule has 0 fully saturated rings. The normalized spacial score (nSPS) is 12.8. The Balaban J connectivity index is 2.21. The molecule has 1 amide bonds. The zero-order chi connectivity index (χ0) is 18.0. The molecule has 3 nitrogen and oxygen atoms in total. The summed E-state index contributed by atoms with van der Waals surface area (Å²) in [5.41, 5.74) is 2.02. The Morgan fingerprint density at radius 2 is 1.71 bits per heavy atom. The number of nitrogens with one attached hydrogen (secondary N) is 1. The molecule has 1 aromatic rings. The maximum Gasteiger partial charge on any atom is 0.251 e. The van der Waals surface area contributed by atoms with Crippen molar-refractivity contribution in [1.29, 1.82) is 0 Å². The lowest BCUT2D eigenvalue weighted by Gasteiger charge is -2.17. The summed E-state index contributed by atoms with van der Waals surface area (Å²) in [6, 6.07) is 7.92. The van der Waals surface area contributed by atoms with Crippen molar-refractivity contribution in [1.82, 2.24) is 5.32 Å². The number of carbonyl (C=O) groups excluding carboxylic acids is 1. The summed E-state index contributed by atoms with van der Waals surface area (Å²) in [5.74, 6) is 0.742. The highest BCUT2D eigenvalue weighted by Crippen LogP contribution is 2.13. The first kappa shape index (κ1) is 20.9. The van der Waals surface area contributed by atoms with E-state index in [1.165, 1.54) is 18.4 Å². The topological polar surface area (TPSA) is 46.2 Å². The van der Waals surface area contributed by atoms with Crippen molar-refractivity contribution >= 4 is 16.7 Å². The van der Waals surface area contributed by atoms with Crippen molar-refractivity contribution in [3.8, 4) is 0 Å². The van der Waals surface area contributed by atoms with E-state index in [2.05, 4.69) is 12.2 Å². The summed E-state index contributed by atoms with van der Waals surface area (Å²) in [5, 5.41) is 2.97. The summed E-state index contributed by atoms with van der Waals surface area (Å²) < 4.78 is 11.8. The summed E-state index contributed by atoms with van der Waals surface area (Å²) in [6.07, 6.45) is 6.33. The molecule has 24 heavy (non-hydrogen) atoms. The molecule has 0 aliphatic rings. The zero-order valence-corrected chi connectivity index (χ0v) is 16.5. The molecule has 1 aromatic carbocycles. The van der Waals surface area contributed by atoms with E-state index in [0.717, 1.165) is 37.0 Å². The molecule has 0 bridgehead atoms. The molecule has 0 aromatic heterocycles. The van der Waals surface area contributed by atoms with Crippen LogP contribution >= 0.6 is 0 Å². The van der Waals surface area contributed by atoms with E-state index >= 15 is 0 Å². The molecular formula is C20H33NO2S. The van der Waals surface area contributed by atoms with Gasteiger partial charge in [0.2, 0.25) is 0 Å². The largest absolute Gasteiger partial charge is 0.352 e. The lowest BCUT2D eigenvalue weighted by molar-refractivity contribution is 0.0953. The molecule has 0 saturated heterocycles. The van der Waals surface area contributed by atoms with Crippen molar-refractivity contribution in [3.63, 3.8) is 0 Å². The van der Waals surface area contributed by atoms with Gasteiger partial charge in [0, 0.05) is 33.4 Å². The molecule has 0 aliphatic carbocycles. The molecule has 1 atom stereocenters. The number of carbonyl (C=O) groups is 1. The van der Waals surface area contributed by atoms with Crippen LogP contribution in [0, 0.1) is 0 Å². The molecule has 1 N–H and O–H groups in total. The van der Waals surface area contributed by atoms with Crippen molar-refractivity contribution < 1.29 is 9.00 Å². The van der Waals surface area contributed by atoms with Gasteiger partial charge in [-0.25, -0.2) is 0 Å². The van der Waals surface area contributed by atoms with Crippen molar-refractivity contribution in [2.45, 2.75) is 71.0 Å². The lowest BCUT2D eigenvalue weighted by Crippen LogP contribution is -2.25. The Morgan fingerprint density at radius 3 is 2.29 bits per heavy atom. The minimum absolute atomic E-state index is 0.00434. The summed E-state index contributed by atoms with van der Waals surface area (Å²) in [6.45, 7) is 8.89. The summed E-state index contributed by atoms with van der Waals surface area (Å²) in [7, 11) is -0.774. The Labute approximate surface area is 150 Å². The lowest BCUT2D eigenvalue weighted by atomic mass is 10.1. The van der Waals surface area contributed by atoms with E-state index in [1.807, 2.05) is 45.0 Å². The molecule has 1 rings (SSSR count). The second-order valence-electron chi connectivity index (χ2n) is 7.28. The third kappa shape index (κ3) is 8.09. The number of amides is 1. The third-order valence-electron chi connectivity index (χ3n) is 4.01. The van der Waals surface area contributed by atoms with Crippen molar-refractivity contribution in [3.05, 3.63) is 35.4 Å². The van der Waals surface area contributed by atoms with Crippen molar-refractivity contribution in [2.75, 3.05) is 12.3 Å². The quantitative estimate of drug-likeness (QED) is 0.632. The van der Waals surface area contributed by atoms with Gasteiger partial charge in [-0.3, -0.25) is 9.00 Å². The van der Waals surface area contributed by atoms with Crippen LogP contribution in [0.5, 0.6) is 0 Å². The number of rotatable bonds is 10. The molecular weight excluding hydrogens is 318 g/mol. The fourth-order valence-corrected chi connectivity index (χ4v) is 3.43. The van der Waals surface area contributed by atoms with Crippen LogP contribution in [0.25, 0.3) is 0 Å². The van der Waals surface area contributed by atoms with Gasteiger partial charge < -0.3 is 5.32 Å². The van der Waals surface area contributed by atoms with Gasteiger partial charge in [-0.2, -0.15) is 0 Å². The minimum atomic E-state index is -0.774. The maximum atomic E-state index is 12.1. The maximum absolute atomic E-state index is 12.1. The molecule has 0 saturated carbocycles. The number of unbranched alkanes of at least 4 members (excludes halogenated alkanes) is 3. The van der Waals surface area contributed by atoms with Gasteiger partial charge in [-0.05, 0) is 64.2 Å². The summed E-state index contributed by atoms with van der Waals surface area (Å²) in [4.78, 5) is 12.1. The van der Waals surface area contributed by atoms with E-state index in [4.69, 9.17) is 0 Å². The van der Waals surface area contributed by atoms with Gasteiger partial charge in [-0.1, -0.05) is 31.9 Å². The van der Waals surface area contributed by atoms with Gasteiger partial charge in [0.25, 0.3) is 5.91 Å². The Bertz CT molecular complexity index is 517. The van der Waals surface area contributed by atoms with E-state index in [0.29, 0.717) is 6.54 Å². The number of hydrogen-bond acceptors (Lipinski definition) is 2. The fourth-order valence-electron chi connectivity index (χ4n) is 2.35. The second kappa shape index (κ2) is 10.7. The van der Waals surface area contributed by atoms with Crippen LogP contribution in [0.1, 0.15) is 75.7 Å². The van der Waals surface area contributed by atoms with Gasteiger partial charge in [0.1, 0.15) is 0 Å². The third-order valence-corrected chi connectivity index (χ3v) is 6.04. The molecule has 4 heteroatoms. The van der Waals surface area contributed by atoms with Crippen LogP contribution in [-0.4, -0.2) is 27.2 Å². The van der Waals surface area contributed by atoms with E-state index in [-0.39, 0.29) is 10.7 Å². The monoisotopic (exact) mass is 351 g/mol. The molecule has 0 heterocycles. The van der Waals surface area contributed by atoms with Gasteiger partial charge in [0.15, 0.2) is 0 Å². The van der Waals surface area contributed by atoms with Crippen LogP contribution in [-0.2, 0) is 17.2 Å². The van der Waals surface area contributed by atoms with E-state index in [1.54, 1.807) is 0 Å². The average molecular weight is 352 g/mol. The Morgan fingerprint density at radius 1 is 1.04 bits per heavy atom. The van der Waals surface area contributed by atoms with Crippen LogP contribution in [0.3, 0.4) is 0 Å². The summed E-state index contributed by atoms with van der Waals surface area (Å²) >= 11 is 0. The van der Waals surface area contributed by atoms with Gasteiger partial charge in [-0.15, -0.1) is 0 Å². The van der Waals surface area contributed by atoms with Crippen LogP contribution in [0.4, 0.5) is 0 Å². The van der Waals surface area contributed by atoms with E-state index in [9.17, 15) is 9.00 Å². The molecule has 0 radical (unpaired) electrons. The van der Waals surface area contributed by atoms with Gasteiger partial charge >= 0.3 is 0 Å². The molecule has 136 valence electrons.